The van der Waals surface area contributed by atoms with Gasteiger partial charge in [0, 0.05) is 10.6 Å². The summed E-state index contributed by atoms with van der Waals surface area (Å²) in [6.45, 7) is 1.94. The summed E-state index contributed by atoms with van der Waals surface area (Å²) in [7, 11) is 0. The molecule has 1 aromatic heterocycles. The van der Waals surface area contributed by atoms with Gasteiger partial charge in [-0.25, -0.2) is 0 Å². The maximum Gasteiger partial charge on any atom is 0.134 e. The van der Waals surface area contributed by atoms with Crippen LogP contribution in [0.3, 0.4) is 0 Å². The molecule has 0 amide bonds. The SMILES string of the molecule is Cc1ccc(-c2ccc(/C=C(/C#N)c3ccc(C#N)cc3)o2)cc1Cl. The number of nitriles is 2. The van der Waals surface area contributed by atoms with Crippen LogP contribution in [-0.2, 0) is 0 Å². The molecule has 1 heterocycles. The fraction of sp³-hybridized carbons (Fsp3) is 0.0476. The Morgan fingerprint density at radius 1 is 1.04 bits per heavy atom. The molecule has 0 radical (unpaired) electrons. The van der Waals surface area contributed by atoms with Crippen LogP contribution in [0.25, 0.3) is 23.0 Å². The van der Waals surface area contributed by atoms with Gasteiger partial charge in [0.25, 0.3) is 0 Å². The Bertz CT molecular complexity index is 1030. The molecule has 120 valence electrons. The molecule has 0 aliphatic heterocycles. The van der Waals surface area contributed by atoms with E-state index in [9.17, 15) is 5.26 Å². The number of furan rings is 1. The van der Waals surface area contributed by atoms with Crippen LogP contribution in [0, 0.1) is 29.6 Å². The highest BCUT2D eigenvalue weighted by molar-refractivity contribution is 6.31. The van der Waals surface area contributed by atoms with Crippen LogP contribution < -0.4 is 0 Å². The van der Waals surface area contributed by atoms with Gasteiger partial charge in [0.15, 0.2) is 0 Å². The maximum absolute atomic E-state index is 9.42. The number of nitrogens with zero attached hydrogens (tertiary/aromatic N) is 2. The zero-order valence-corrected chi connectivity index (χ0v) is 14.2. The molecule has 0 bridgehead atoms. The van der Waals surface area contributed by atoms with E-state index in [2.05, 4.69) is 12.1 Å². The van der Waals surface area contributed by atoms with Crippen LogP contribution in [0.1, 0.15) is 22.5 Å². The highest BCUT2D eigenvalue weighted by atomic mass is 35.5. The highest BCUT2D eigenvalue weighted by Crippen LogP contribution is 2.28. The molecular formula is C21H13ClN2O. The summed E-state index contributed by atoms with van der Waals surface area (Å²) in [6, 6.07) is 20.5. The molecule has 0 aliphatic carbocycles. The summed E-state index contributed by atoms with van der Waals surface area (Å²) >= 11 is 6.16. The van der Waals surface area contributed by atoms with Gasteiger partial charge in [-0.15, -0.1) is 0 Å². The van der Waals surface area contributed by atoms with E-state index in [0.29, 0.717) is 27.7 Å². The highest BCUT2D eigenvalue weighted by Gasteiger charge is 2.07. The van der Waals surface area contributed by atoms with E-state index in [-0.39, 0.29) is 0 Å². The van der Waals surface area contributed by atoms with Crippen molar-refractivity contribution in [2.24, 2.45) is 0 Å². The number of aryl methyl sites for hydroxylation is 1. The molecule has 0 spiro atoms. The van der Waals surface area contributed by atoms with Crippen molar-refractivity contribution in [1.29, 1.82) is 10.5 Å². The van der Waals surface area contributed by atoms with Crippen LogP contribution in [0.5, 0.6) is 0 Å². The van der Waals surface area contributed by atoms with Crippen molar-refractivity contribution in [3.8, 4) is 23.5 Å². The minimum atomic E-state index is 0.465. The predicted molar refractivity (Wildman–Crippen MR) is 98.5 cm³/mol. The molecule has 0 saturated carbocycles. The number of rotatable bonds is 3. The van der Waals surface area contributed by atoms with Gasteiger partial charge < -0.3 is 4.42 Å². The molecule has 0 aliphatic rings. The van der Waals surface area contributed by atoms with E-state index in [1.165, 1.54) is 0 Å². The molecule has 4 heteroatoms. The average Bonchev–Trinajstić information content (AvgIpc) is 3.11. The lowest BCUT2D eigenvalue weighted by molar-refractivity contribution is 0.572. The fourth-order valence-corrected chi connectivity index (χ4v) is 2.56. The molecule has 2 aromatic carbocycles. The summed E-state index contributed by atoms with van der Waals surface area (Å²) in [6.07, 6.45) is 1.68. The third-order valence-electron chi connectivity index (χ3n) is 3.82. The fourth-order valence-electron chi connectivity index (χ4n) is 2.38. The van der Waals surface area contributed by atoms with Gasteiger partial charge in [0.2, 0.25) is 0 Å². The average molecular weight is 345 g/mol. The Morgan fingerprint density at radius 3 is 2.44 bits per heavy atom. The van der Waals surface area contributed by atoms with Crippen molar-refractivity contribution in [3.05, 3.63) is 82.1 Å². The van der Waals surface area contributed by atoms with Gasteiger partial charge in [0.1, 0.15) is 11.5 Å². The standard InChI is InChI=1S/C21H13ClN2O/c1-14-2-5-17(11-20(14)22)21-9-8-19(25-21)10-18(13-24)16-6-3-15(12-23)4-7-16/h2-11H,1H3/b18-10-. The molecule has 0 unspecified atom stereocenters. The third kappa shape index (κ3) is 3.63. The van der Waals surface area contributed by atoms with Crippen LogP contribution in [0.4, 0.5) is 0 Å². The summed E-state index contributed by atoms with van der Waals surface area (Å²) < 4.78 is 5.82. The van der Waals surface area contributed by atoms with Crippen LogP contribution in [-0.4, -0.2) is 0 Å². The van der Waals surface area contributed by atoms with E-state index in [1.54, 1.807) is 30.3 Å². The maximum atomic E-state index is 9.42. The molecule has 3 aromatic rings. The van der Waals surface area contributed by atoms with Gasteiger partial charge >= 0.3 is 0 Å². The van der Waals surface area contributed by atoms with Gasteiger partial charge in [-0.1, -0.05) is 35.9 Å². The monoisotopic (exact) mass is 344 g/mol. The van der Waals surface area contributed by atoms with Gasteiger partial charge in [0.05, 0.1) is 23.3 Å². The van der Waals surface area contributed by atoms with Crippen molar-refractivity contribution in [3.63, 3.8) is 0 Å². The zero-order valence-electron chi connectivity index (χ0n) is 13.5. The van der Waals surface area contributed by atoms with Crippen molar-refractivity contribution >= 4 is 23.3 Å². The molecule has 3 rings (SSSR count). The summed E-state index contributed by atoms with van der Waals surface area (Å²) in [4.78, 5) is 0. The van der Waals surface area contributed by atoms with Crippen LogP contribution >= 0.6 is 11.6 Å². The molecule has 0 atom stereocenters. The first-order valence-corrected chi connectivity index (χ1v) is 7.97. The van der Waals surface area contributed by atoms with Crippen molar-refractivity contribution in [2.75, 3.05) is 0 Å². The first-order valence-electron chi connectivity index (χ1n) is 7.59. The Hall–Kier alpha value is -3.27. The lowest BCUT2D eigenvalue weighted by Crippen LogP contribution is -1.82. The first kappa shape index (κ1) is 16.6. The smallest absolute Gasteiger partial charge is 0.134 e. The second-order valence-corrected chi connectivity index (χ2v) is 5.93. The second kappa shape index (κ2) is 7.09. The van der Waals surface area contributed by atoms with Gasteiger partial charge in [-0.05, 0) is 54.5 Å². The minimum absolute atomic E-state index is 0.465. The molecular weight excluding hydrogens is 332 g/mol. The van der Waals surface area contributed by atoms with Crippen molar-refractivity contribution in [2.45, 2.75) is 6.92 Å². The van der Waals surface area contributed by atoms with Crippen molar-refractivity contribution in [1.82, 2.24) is 0 Å². The predicted octanol–water partition coefficient (Wildman–Crippen LogP) is 5.84. The number of hydrogen-bond donors (Lipinski definition) is 0. The molecule has 25 heavy (non-hydrogen) atoms. The first-order chi connectivity index (χ1) is 12.1. The number of halogens is 1. The van der Waals surface area contributed by atoms with Crippen molar-refractivity contribution < 1.29 is 4.42 Å². The normalized spacial score (nSPS) is 11.0. The van der Waals surface area contributed by atoms with Gasteiger partial charge in [-0.3, -0.25) is 0 Å². The van der Waals surface area contributed by atoms with E-state index in [1.807, 2.05) is 37.3 Å². The Morgan fingerprint density at radius 2 is 1.80 bits per heavy atom. The lowest BCUT2D eigenvalue weighted by atomic mass is 10.0. The molecule has 3 nitrogen and oxygen atoms in total. The Kier molecular flexibility index (Phi) is 4.70. The number of allylic oxidation sites excluding steroid dienone is 1. The second-order valence-electron chi connectivity index (χ2n) is 5.52. The topological polar surface area (TPSA) is 60.7 Å². The molecule has 0 saturated heterocycles. The summed E-state index contributed by atoms with van der Waals surface area (Å²) in [5, 5.41) is 19.0. The molecule has 0 fully saturated rings. The third-order valence-corrected chi connectivity index (χ3v) is 4.22. The van der Waals surface area contributed by atoms with Gasteiger partial charge in [-0.2, -0.15) is 10.5 Å². The van der Waals surface area contributed by atoms with E-state index >= 15 is 0 Å². The van der Waals surface area contributed by atoms with Crippen LogP contribution in [0.15, 0.2) is 59.0 Å². The van der Waals surface area contributed by atoms with E-state index < -0.39 is 0 Å². The summed E-state index contributed by atoms with van der Waals surface area (Å²) in [5.74, 6) is 1.26. The van der Waals surface area contributed by atoms with E-state index in [0.717, 1.165) is 16.7 Å². The minimum Gasteiger partial charge on any atom is -0.457 e. The van der Waals surface area contributed by atoms with E-state index in [4.69, 9.17) is 21.3 Å². The Labute approximate surface area is 151 Å². The number of benzene rings is 2. The molecule has 0 N–H and O–H groups in total. The summed E-state index contributed by atoms with van der Waals surface area (Å²) in [5.41, 5.74) is 3.64. The Balaban J connectivity index is 1.92. The van der Waals surface area contributed by atoms with Crippen LogP contribution in [0.2, 0.25) is 5.02 Å². The number of hydrogen-bond acceptors (Lipinski definition) is 3. The largest absolute Gasteiger partial charge is 0.457 e. The quantitative estimate of drug-likeness (QED) is 0.560. The lowest BCUT2D eigenvalue weighted by Gasteiger charge is -2.01. The zero-order chi connectivity index (χ0) is 17.8.